The molecule has 0 spiro atoms. The number of likely N-dealkylation sites (tertiary alicyclic amines) is 1. The number of amides is 4. The first-order chi connectivity index (χ1) is 29.5. The van der Waals surface area contributed by atoms with Gasteiger partial charge in [0.25, 0.3) is 5.91 Å². The summed E-state index contributed by atoms with van der Waals surface area (Å²) in [6.07, 6.45) is 0.328. The quantitative estimate of drug-likeness (QED) is 0.0960. The van der Waals surface area contributed by atoms with Crippen LogP contribution in [0.3, 0.4) is 0 Å². The number of carbonyl (C=O) groups excluding carboxylic acids is 4. The number of aliphatic hydroxyl groups is 1. The van der Waals surface area contributed by atoms with Crippen LogP contribution < -0.4 is 25.6 Å². The van der Waals surface area contributed by atoms with Gasteiger partial charge in [-0.1, -0.05) is 51.1 Å². The molecule has 0 aliphatic carbocycles. The number of aromatic nitrogens is 2. The number of rotatable bonds is 16. The first-order valence-electron chi connectivity index (χ1n) is 21.4. The number of thiazole rings is 2. The summed E-state index contributed by atoms with van der Waals surface area (Å²) < 4.78 is 11.6. The van der Waals surface area contributed by atoms with Crippen molar-refractivity contribution in [2.75, 3.05) is 50.9 Å². The van der Waals surface area contributed by atoms with Crippen molar-refractivity contribution in [3.8, 4) is 27.4 Å². The summed E-state index contributed by atoms with van der Waals surface area (Å²) in [6.45, 7) is 18.2. The minimum absolute atomic E-state index is 0.0232. The molecular formula is C46H61N7O7S2. The number of hydrogen-bond acceptors (Lipinski definition) is 12. The average Bonchev–Trinajstić information content (AvgIpc) is 4.01. The fourth-order valence-electron chi connectivity index (χ4n) is 7.66. The smallest absolute Gasteiger partial charge is 0.257 e. The fourth-order valence-corrected chi connectivity index (χ4v) is 9.36. The number of nitrogens with zero attached hydrogens (tertiary/aromatic N) is 4. The molecule has 4 heterocycles. The molecule has 334 valence electrons. The van der Waals surface area contributed by atoms with Crippen molar-refractivity contribution in [2.45, 2.75) is 105 Å². The van der Waals surface area contributed by atoms with Crippen LogP contribution in [0.5, 0.6) is 5.75 Å². The lowest BCUT2D eigenvalue weighted by atomic mass is 9.73. The van der Waals surface area contributed by atoms with Gasteiger partial charge in [-0.15, -0.1) is 22.7 Å². The summed E-state index contributed by atoms with van der Waals surface area (Å²) >= 11 is 3.15. The Morgan fingerprint density at radius 1 is 0.984 bits per heavy atom. The van der Waals surface area contributed by atoms with E-state index in [0.29, 0.717) is 38.3 Å². The maximum absolute atomic E-state index is 14.4. The van der Waals surface area contributed by atoms with E-state index < -0.39 is 29.0 Å². The molecule has 6 rings (SSSR count). The Morgan fingerprint density at radius 2 is 1.71 bits per heavy atom. The molecule has 2 aromatic carbocycles. The van der Waals surface area contributed by atoms with Gasteiger partial charge in [0, 0.05) is 50.0 Å². The fraction of sp³-hybridized carbons (Fsp3) is 0.522. The number of ether oxygens (including phenoxy) is 2. The van der Waals surface area contributed by atoms with Crippen LogP contribution in [0.1, 0.15) is 88.7 Å². The molecule has 2 fully saturated rings. The zero-order valence-corrected chi connectivity index (χ0v) is 38.8. The minimum atomic E-state index is -1.39. The van der Waals surface area contributed by atoms with Crippen molar-refractivity contribution < 1.29 is 33.8 Å². The lowest BCUT2D eigenvalue weighted by Gasteiger charge is -2.44. The topological polar surface area (TPSA) is 175 Å². The SMILES string of the molecule is Cc1ccc(-c2csc(N3CCOCC3)n2)c(OCC(=O)NCCCCC(=O)N[C@@](C)(C(=O)N2C[C@H](O)C[C@H]2C(=O)N[C@@H](C)c2ccc(-c3scnc3C)cc2)C(C)(C)C)c1C. The Bertz CT molecular complexity index is 2210. The van der Waals surface area contributed by atoms with Crippen LogP contribution in [0, 0.1) is 26.2 Å². The highest BCUT2D eigenvalue weighted by Gasteiger charge is 2.51. The van der Waals surface area contributed by atoms with Crippen molar-refractivity contribution in [1.29, 1.82) is 0 Å². The molecular weight excluding hydrogens is 827 g/mol. The molecule has 4 N–H and O–H groups in total. The summed E-state index contributed by atoms with van der Waals surface area (Å²) in [5, 5.41) is 22.6. The van der Waals surface area contributed by atoms with Crippen LogP contribution in [0.15, 0.2) is 47.3 Å². The summed E-state index contributed by atoms with van der Waals surface area (Å²) in [4.78, 5) is 68.5. The molecule has 0 radical (unpaired) electrons. The molecule has 2 aliphatic rings. The molecule has 4 aromatic rings. The predicted octanol–water partition coefficient (Wildman–Crippen LogP) is 6.12. The van der Waals surface area contributed by atoms with Gasteiger partial charge in [0.15, 0.2) is 11.7 Å². The molecule has 2 aromatic heterocycles. The van der Waals surface area contributed by atoms with Crippen molar-refractivity contribution >= 4 is 51.4 Å². The van der Waals surface area contributed by atoms with E-state index in [0.717, 1.165) is 62.3 Å². The molecule has 62 heavy (non-hydrogen) atoms. The second-order valence-electron chi connectivity index (χ2n) is 17.5. The van der Waals surface area contributed by atoms with Crippen LogP contribution in [0.4, 0.5) is 5.13 Å². The van der Waals surface area contributed by atoms with Crippen LogP contribution in [-0.2, 0) is 23.9 Å². The lowest BCUT2D eigenvalue weighted by molar-refractivity contribution is -0.150. The maximum atomic E-state index is 14.4. The summed E-state index contributed by atoms with van der Waals surface area (Å²) in [5.41, 5.74) is 6.22. The van der Waals surface area contributed by atoms with E-state index in [1.807, 2.05) is 95.8 Å². The van der Waals surface area contributed by atoms with E-state index in [2.05, 4.69) is 25.8 Å². The van der Waals surface area contributed by atoms with Gasteiger partial charge in [-0.25, -0.2) is 9.97 Å². The van der Waals surface area contributed by atoms with Gasteiger partial charge in [0.1, 0.15) is 17.3 Å². The van der Waals surface area contributed by atoms with Crippen LogP contribution >= 0.6 is 22.7 Å². The number of unbranched alkanes of at least 4 members (excludes halogenated alkanes) is 1. The van der Waals surface area contributed by atoms with Gasteiger partial charge in [-0.2, -0.15) is 0 Å². The van der Waals surface area contributed by atoms with Gasteiger partial charge >= 0.3 is 0 Å². The van der Waals surface area contributed by atoms with Gasteiger partial charge in [0.05, 0.1) is 47.1 Å². The lowest BCUT2D eigenvalue weighted by Crippen LogP contribution is -2.66. The Balaban J connectivity index is 0.984. The number of morpholine rings is 1. The van der Waals surface area contributed by atoms with Crippen molar-refractivity contribution in [2.24, 2.45) is 5.41 Å². The molecule has 14 nitrogen and oxygen atoms in total. The predicted molar refractivity (Wildman–Crippen MR) is 243 cm³/mol. The second kappa shape index (κ2) is 20.1. The van der Waals surface area contributed by atoms with E-state index in [4.69, 9.17) is 14.5 Å². The van der Waals surface area contributed by atoms with Gasteiger partial charge in [0.2, 0.25) is 17.7 Å². The number of benzene rings is 2. The minimum Gasteiger partial charge on any atom is -0.483 e. The number of aryl methyl sites for hydroxylation is 2. The molecule has 0 unspecified atom stereocenters. The monoisotopic (exact) mass is 887 g/mol. The number of nitrogens with one attached hydrogen (secondary N) is 3. The molecule has 0 bridgehead atoms. The third kappa shape index (κ3) is 10.8. The number of hydrogen-bond donors (Lipinski definition) is 4. The van der Waals surface area contributed by atoms with Gasteiger partial charge in [-0.05, 0) is 81.2 Å². The molecule has 4 atom stereocenters. The number of aliphatic hydroxyl groups excluding tert-OH is 1. The summed E-state index contributed by atoms with van der Waals surface area (Å²) in [6, 6.07) is 10.7. The van der Waals surface area contributed by atoms with Crippen molar-refractivity contribution in [3.05, 3.63) is 69.7 Å². The average molecular weight is 888 g/mol. The highest BCUT2D eigenvalue weighted by molar-refractivity contribution is 7.14. The van der Waals surface area contributed by atoms with E-state index >= 15 is 0 Å². The largest absolute Gasteiger partial charge is 0.483 e. The first kappa shape index (κ1) is 46.6. The molecule has 0 saturated carbocycles. The first-order valence-corrected chi connectivity index (χ1v) is 23.1. The van der Waals surface area contributed by atoms with E-state index in [-0.39, 0.29) is 49.8 Å². The normalized spacial score (nSPS) is 18.2. The zero-order chi connectivity index (χ0) is 44.8. The number of anilines is 1. The standard InChI is InChI=1S/C46H61N7O7S2/c1-28-12-17-35(36-26-61-44(50-36)52-19-21-59-22-20-52)40(29(28)2)60-25-39(56)47-18-10-9-11-38(55)51-46(8,45(5,6)7)43(58)53-24-34(54)23-37(53)42(57)49-30(3)32-13-15-33(16-14-32)41-31(4)48-27-62-41/h12-17,26-27,30,34,37,54H,9-11,18-25H2,1-8H3,(H,47,56)(H,49,57)(H,51,55)/t30-,34+,37-,46-/m0/s1. The Hall–Kier alpha value is -4.90. The molecule has 2 aliphatic heterocycles. The van der Waals surface area contributed by atoms with Gasteiger partial charge < -0.3 is 40.3 Å². The third-order valence-corrected chi connectivity index (χ3v) is 14.0. The summed E-state index contributed by atoms with van der Waals surface area (Å²) in [5.74, 6) is -0.773. The van der Waals surface area contributed by atoms with Crippen LogP contribution in [0.25, 0.3) is 21.7 Å². The van der Waals surface area contributed by atoms with E-state index in [9.17, 15) is 24.3 Å². The Labute approximate surface area is 372 Å². The number of β-amino-alcohol motifs (C(OH)–C–C–N with tert-alkyl or cyclic N) is 1. The van der Waals surface area contributed by atoms with Crippen molar-refractivity contribution in [1.82, 2.24) is 30.8 Å². The molecule has 16 heteroatoms. The zero-order valence-electron chi connectivity index (χ0n) is 37.1. The van der Waals surface area contributed by atoms with E-state index in [1.54, 1.807) is 29.6 Å². The van der Waals surface area contributed by atoms with Crippen LogP contribution in [0.2, 0.25) is 0 Å². The van der Waals surface area contributed by atoms with Gasteiger partial charge in [-0.3, -0.25) is 19.2 Å². The van der Waals surface area contributed by atoms with Crippen LogP contribution in [-0.4, -0.2) is 107 Å². The van der Waals surface area contributed by atoms with Crippen molar-refractivity contribution in [3.63, 3.8) is 0 Å². The second-order valence-corrected chi connectivity index (χ2v) is 19.2. The molecule has 4 amide bonds. The number of carbonyl (C=O) groups is 4. The Kier molecular flexibility index (Phi) is 15.1. The Morgan fingerprint density at radius 3 is 2.39 bits per heavy atom. The highest BCUT2D eigenvalue weighted by atomic mass is 32.1. The summed E-state index contributed by atoms with van der Waals surface area (Å²) in [7, 11) is 0. The van der Waals surface area contributed by atoms with E-state index in [1.165, 1.54) is 4.90 Å². The third-order valence-electron chi connectivity index (χ3n) is 12.2. The molecule has 2 saturated heterocycles. The highest BCUT2D eigenvalue weighted by Crippen LogP contribution is 2.38. The maximum Gasteiger partial charge on any atom is 0.257 e.